The zero-order valence-electron chi connectivity index (χ0n) is 15.1. The van der Waals surface area contributed by atoms with Gasteiger partial charge in [0.25, 0.3) is 0 Å². The van der Waals surface area contributed by atoms with Gasteiger partial charge >= 0.3 is 27.0 Å². The topological polar surface area (TPSA) is 72.0 Å². The van der Waals surface area contributed by atoms with Crippen molar-refractivity contribution in [2.24, 2.45) is 0 Å². The van der Waals surface area contributed by atoms with Crippen molar-refractivity contribution in [2.45, 2.75) is 23.9 Å². The molecule has 0 unspecified atom stereocenters. The Labute approximate surface area is 180 Å². The summed E-state index contributed by atoms with van der Waals surface area (Å²) in [5.74, 6) is 0. The quantitative estimate of drug-likeness (QED) is 0.372. The van der Waals surface area contributed by atoms with Gasteiger partial charge in [-0.15, -0.1) is 12.1 Å². The summed E-state index contributed by atoms with van der Waals surface area (Å²) in [7, 11) is 0.656. The Bertz CT molecular complexity index is 953. The zero-order chi connectivity index (χ0) is 20.6. The van der Waals surface area contributed by atoms with Gasteiger partial charge in [-0.3, -0.25) is 0 Å². The van der Waals surface area contributed by atoms with Gasteiger partial charge in [-0.2, -0.15) is 0 Å². The summed E-state index contributed by atoms with van der Waals surface area (Å²) >= 11 is 2.02. The fraction of sp³-hybridized carbons (Fsp3) is 0.143. The van der Waals surface area contributed by atoms with Crippen LogP contribution in [0.5, 0.6) is 0 Å². The summed E-state index contributed by atoms with van der Waals surface area (Å²) in [4.78, 5) is 0.143. The van der Waals surface area contributed by atoms with Crippen LogP contribution in [0.2, 0.25) is 0 Å². The molecule has 0 fully saturated rings. The number of nitrogens with one attached hydrogen (secondary N) is 1. The third-order valence-electron chi connectivity index (χ3n) is 4.19. The van der Waals surface area contributed by atoms with E-state index in [-0.39, 0.29) is 4.90 Å². The molecule has 0 aliphatic heterocycles. The molecule has 0 saturated carbocycles. The number of nitrogens with zero attached hydrogens (tertiary/aromatic N) is 1. The first-order valence-corrected chi connectivity index (χ1v) is 12.0. The molecule has 0 aliphatic carbocycles. The average Bonchev–Trinajstić information content (AvgIpc) is 2.74. The van der Waals surface area contributed by atoms with Crippen molar-refractivity contribution in [1.29, 1.82) is 0 Å². The monoisotopic (exact) mass is 502 g/mol. The summed E-state index contributed by atoms with van der Waals surface area (Å²) < 4.78 is 29.8. The van der Waals surface area contributed by atoms with E-state index in [1.54, 1.807) is 24.3 Å². The summed E-state index contributed by atoms with van der Waals surface area (Å²) in [6.45, 7) is 1.90. The van der Waals surface area contributed by atoms with Crippen molar-refractivity contribution >= 4 is 19.7 Å². The van der Waals surface area contributed by atoms with Crippen molar-refractivity contribution in [3.63, 3.8) is 0 Å². The maximum atomic E-state index is 12.8. The Morgan fingerprint density at radius 1 is 0.821 bits per heavy atom. The molecule has 0 heterocycles. The normalized spacial score (nSPS) is 13.1. The van der Waals surface area contributed by atoms with Gasteiger partial charge in [0.15, 0.2) is 0 Å². The van der Waals surface area contributed by atoms with E-state index in [1.807, 2.05) is 84.9 Å². The molecule has 7 heteroatoms. The van der Waals surface area contributed by atoms with Crippen LogP contribution in [0.15, 0.2) is 89.8 Å². The fourth-order valence-corrected chi connectivity index (χ4v) is 3.87. The Morgan fingerprint density at radius 2 is 1.29 bits per heavy atom. The van der Waals surface area contributed by atoms with Gasteiger partial charge in [-0.05, 0) is 19.1 Å². The first-order chi connectivity index (χ1) is 13.5. The van der Waals surface area contributed by atoms with Crippen LogP contribution >= 0.6 is 9.69 Å². The SMILES string of the molecule is Cc1ccc(S(=O)(=O)[N-][C@@H](c2ccccc2)[C@@H]([NH-])c2ccccc2)cc1.[Cl][Rh+2]. The zero-order valence-corrected chi connectivity index (χ0v) is 18.3. The summed E-state index contributed by atoms with van der Waals surface area (Å²) in [6, 6.07) is 23.3. The van der Waals surface area contributed by atoms with Crippen LogP contribution in [-0.4, -0.2) is 8.42 Å². The second kappa shape index (κ2) is 10.8. The van der Waals surface area contributed by atoms with Crippen molar-refractivity contribution < 1.29 is 25.7 Å². The number of halogens is 1. The van der Waals surface area contributed by atoms with Gasteiger partial charge in [0.1, 0.15) is 10.0 Å². The molecule has 3 aromatic rings. The maximum absolute atomic E-state index is 12.8. The Morgan fingerprint density at radius 3 is 1.79 bits per heavy atom. The molecule has 0 bridgehead atoms. The molecule has 0 spiro atoms. The van der Waals surface area contributed by atoms with Gasteiger partial charge in [-0.1, -0.05) is 89.5 Å². The van der Waals surface area contributed by atoms with Gasteiger partial charge in [0.05, 0.1) is 0 Å². The molecule has 0 aliphatic rings. The minimum absolute atomic E-state index is 0.143. The van der Waals surface area contributed by atoms with E-state index in [1.165, 1.54) is 0 Å². The van der Waals surface area contributed by atoms with E-state index < -0.39 is 22.1 Å². The molecule has 28 heavy (non-hydrogen) atoms. The van der Waals surface area contributed by atoms with Crippen LogP contribution in [0.1, 0.15) is 28.8 Å². The molecule has 0 radical (unpaired) electrons. The third-order valence-corrected chi connectivity index (χ3v) is 5.56. The van der Waals surface area contributed by atoms with E-state index in [0.29, 0.717) is 5.56 Å². The average molecular weight is 503 g/mol. The number of hydrogen-bond donors (Lipinski definition) is 0. The molecule has 4 nitrogen and oxygen atoms in total. The Kier molecular flexibility index (Phi) is 8.80. The molecule has 0 aromatic heterocycles. The third kappa shape index (κ3) is 5.97. The van der Waals surface area contributed by atoms with Crippen LogP contribution in [-0.2, 0) is 27.3 Å². The minimum atomic E-state index is -3.87. The summed E-state index contributed by atoms with van der Waals surface area (Å²) in [6.07, 6.45) is 0. The number of hydrogen-bond acceptors (Lipinski definition) is 2. The predicted octanol–water partition coefficient (Wildman–Crippen LogP) is 6.28. The van der Waals surface area contributed by atoms with E-state index in [0.717, 1.165) is 11.1 Å². The second-order valence-corrected chi connectivity index (χ2v) is 7.77. The van der Waals surface area contributed by atoms with Crippen LogP contribution in [0.25, 0.3) is 10.5 Å². The summed E-state index contributed by atoms with van der Waals surface area (Å²) in [5.41, 5.74) is 11.0. The summed E-state index contributed by atoms with van der Waals surface area (Å²) in [5, 5.41) is 0. The molecule has 3 aromatic carbocycles. The van der Waals surface area contributed by atoms with Crippen molar-refractivity contribution in [3.05, 3.63) is 112 Å². The van der Waals surface area contributed by atoms with Crippen molar-refractivity contribution in [1.82, 2.24) is 0 Å². The number of aryl methyl sites for hydroxylation is 1. The van der Waals surface area contributed by atoms with Gasteiger partial charge < -0.3 is 10.5 Å². The Hall–Kier alpha value is -1.56. The van der Waals surface area contributed by atoms with Crippen molar-refractivity contribution in [2.75, 3.05) is 0 Å². The molecular formula is C21H20ClN2O2RhS. The van der Waals surface area contributed by atoms with E-state index in [9.17, 15) is 8.42 Å². The molecular weight excluding hydrogens is 483 g/mol. The van der Waals surface area contributed by atoms with Crippen LogP contribution in [0.4, 0.5) is 0 Å². The number of benzene rings is 3. The van der Waals surface area contributed by atoms with E-state index >= 15 is 0 Å². The standard InChI is InChI=1S/C21H20N2O2S.ClH.Rh/c1-16-12-14-19(15-13-16)26(24,25)23-21(18-10-6-3-7-11-18)20(22)17-8-4-2-5-9-17;;/h2-15,20-22H,1H3;1H;/q-2;;+3/p-1/t20-,21-;;/m0../s1. The molecule has 0 saturated heterocycles. The van der Waals surface area contributed by atoms with Crippen LogP contribution in [0, 0.1) is 6.92 Å². The first-order valence-electron chi connectivity index (χ1n) is 8.45. The fourth-order valence-electron chi connectivity index (χ4n) is 2.73. The first kappa shape index (κ1) is 22.7. The van der Waals surface area contributed by atoms with E-state index in [2.05, 4.69) is 14.4 Å². The van der Waals surface area contributed by atoms with Gasteiger partial charge in [0, 0.05) is 4.90 Å². The number of rotatable bonds is 6. The molecule has 148 valence electrons. The number of sulfonamides is 1. The Balaban J connectivity index is 0.00000136. The van der Waals surface area contributed by atoms with E-state index in [4.69, 9.17) is 5.73 Å². The van der Waals surface area contributed by atoms with Gasteiger partial charge in [-0.25, -0.2) is 8.42 Å². The second-order valence-electron chi connectivity index (χ2n) is 6.14. The molecule has 3 rings (SSSR count). The molecule has 2 atom stereocenters. The molecule has 0 amide bonds. The molecule has 1 N–H and O–H groups in total. The van der Waals surface area contributed by atoms with Gasteiger partial charge in [0.2, 0.25) is 0 Å². The van der Waals surface area contributed by atoms with Crippen molar-refractivity contribution in [3.8, 4) is 0 Å². The predicted molar refractivity (Wildman–Crippen MR) is 110 cm³/mol. The van der Waals surface area contributed by atoms with Crippen LogP contribution in [0.3, 0.4) is 0 Å². The van der Waals surface area contributed by atoms with Crippen LogP contribution < -0.4 is 0 Å².